The van der Waals surface area contributed by atoms with Crippen LogP contribution < -0.4 is 5.32 Å². The minimum Gasteiger partial charge on any atom is -0.460 e. The highest BCUT2D eigenvalue weighted by Gasteiger charge is 2.09. The average Bonchev–Trinajstić information content (AvgIpc) is 3.02. The fourth-order valence-electron chi connectivity index (χ4n) is 2.52. The van der Waals surface area contributed by atoms with Crippen LogP contribution in [0.4, 0.5) is 0 Å². The van der Waals surface area contributed by atoms with Gasteiger partial charge in [-0.3, -0.25) is 4.90 Å². The predicted octanol–water partition coefficient (Wildman–Crippen LogP) is 3.87. The van der Waals surface area contributed by atoms with E-state index in [1.807, 2.05) is 36.4 Å². The quantitative estimate of drug-likeness (QED) is 0.756. The van der Waals surface area contributed by atoms with Crippen molar-refractivity contribution in [3.05, 3.63) is 47.2 Å². The van der Waals surface area contributed by atoms with Crippen molar-refractivity contribution in [1.82, 2.24) is 10.2 Å². The molecular weight excluding hydrogens is 371 g/mol. The minimum atomic E-state index is 0. The molecule has 1 fully saturated rings. The molecule has 24 heavy (non-hydrogen) atoms. The number of morpholine rings is 1. The summed E-state index contributed by atoms with van der Waals surface area (Å²) in [4.78, 5) is 2.41. The molecule has 0 saturated carbocycles. The molecule has 2 heterocycles. The number of hydrogen-bond donors (Lipinski definition) is 1. The standard InChI is InChI=1S/C17H21ClN2O2.2ClH/c18-15-3-1-14(2-4-15)17-6-5-16(22-17)13-19-7-8-20-9-11-21-12-10-20;;/h1-6,19H,7-13H2;2*1H. The summed E-state index contributed by atoms with van der Waals surface area (Å²) in [5, 5.41) is 4.16. The van der Waals surface area contributed by atoms with Crippen molar-refractivity contribution in [2.75, 3.05) is 39.4 Å². The molecule has 0 atom stereocenters. The number of ether oxygens (including phenoxy) is 1. The van der Waals surface area contributed by atoms with Crippen LogP contribution in [0.1, 0.15) is 5.76 Å². The smallest absolute Gasteiger partial charge is 0.134 e. The third-order valence-electron chi connectivity index (χ3n) is 3.80. The maximum Gasteiger partial charge on any atom is 0.134 e. The van der Waals surface area contributed by atoms with E-state index >= 15 is 0 Å². The molecule has 1 aromatic heterocycles. The highest BCUT2D eigenvalue weighted by Crippen LogP contribution is 2.23. The van der Waals surface area contributed by atoms with E-state index in [1.54, 1.807) is 0 Å². The molecule has 4 nitrogen and oxygen atoms in total. The summed E-state index contributed by atoms with van der Waals surface area (Å²) >= 11 is 5.90. The van der Waals surface area contributed by atoms with Gasteiger partial charge >= 0.3 is 0 Å². The number of nitrogens with zero attached hydrogens (tertiary/aromatic N) is 1. The van der Waals surface area contributed by atoms with Crippen molar-refractivity contribution in [3.8, 4) is 11.3 Å². The summed E-state index contributed by atoms with van der Waals surface area (Å²) < 4.78 is 11.2. The summed E-state index contributed by atoms with van der Waals surface area (Å²) in [5.41, 5.74) is 1.05. The molecule has 1 aromatic carbocycles. The van der Waals surface area contributed by atoms with Crippen molar-refractivity contribution in [2.45, 2.75) is 6.54 Å². The average molecular weight is 394 g/mol. The van der Waals surface area contributed by atoms with Gasteiger partial charge in [0, 0.05) is 36.8 Å². The number of benzene rings is 1. The SMILES string of the molecule is Cl.Cl.Clc1ccc(-c2ccc(CNCCN3CCOCC3)o2)cc1. The fraction of sp³-hybridized carbons (Fsp3) is 0.412. The third kappa shape index (κ3) is 6.28. The van der Waals surface area contributed by atoms with Crippen molar-refractivity contribution in [1.29, 1.82) is 0 Å². The Morgan fingerprint density at radius 3 is 2.42 bits per heavy atom. The molecule has 0 bridgehead atoms. The van der Waals surface area contributed by atoms with Crippen LogP contribution >= 0.6 is 36.4 Å². The molecule has 1 aliphatic heterocycles. The first-order chi connectivity index (χ1) is 10.8. The van der Waals surface area contributed by atoms with E-state index in [9.17, 15) is 0 Å². The Labute approximate surface area is 160 Å². The molecule has 2 aromatic rings. The highest BCUT2D eigenvalue weighted by atomic mass is 35.5. The second-order valence-corrected chi connectivity index (χ2v) is 5.84. The molecule has 1 N–H and O–H groups in total. The van der Waals surface area contributed by atoms with Crippen LogP contribution in [-0.4, -0.2) is 44.3 Å². The Morgan fingerprint density at radius 2 is 1.71 bits per heavy atom. The minimum absolute atomic E-state index is 0. The summed E-state index contributed by atoms with van der Waals surface area (Å²) in [7, 11) is 0. The Morgan fingerprint density at radius 1 is 1.00 bits per heavy atom. The summed E-state index contributed by atoms with van der Waals surface area (Å²) in [6.07, 6.45) is 0. The fourth-order valence-corrected chi connectivity index (χ4v) is 2.64. The van der Waals surface area contributed by atoms with E-state index in [2.05, 4.69) is 10.2 Å². The van der Waals surface area contributed by atoms with E-state index in [1.165, 1.54) is 0 Å². The van der Waals surface area contributed by atoms with Gasteiger partial charge in [-0.05, 0) is 36.4 Å². The van der Waals surface area contributed by atoms with Crippen LogP contribution in [0.3, 0.4) is 0 Å². The number of furan rings is 1. The third-order valence-corrected chi connectivity index (χ3v) is 4.05. The summed E-state index contributed by atoms with van der Waals surface area (Å²) in [6, 6.07) is 11.7. The first-order valence-electron chi connectivity index (χ1n) is 7.67. The molecule has 0 spiro atoms. The van der Waals surface area contributed by atoms with Crippen LogP contribution in [0.15, 0.2) is 40.8 Å². The van der Waals surface area contributed by atoms with Gasteiger partial charge < -0.3 is 14.5 Å². The Balaban J connectivity index is 0.00000144. The molecule has 0 aliphatic carbocycles. The lowest BCUT2D eigenvalue weighted by Gasteiger charge is -2.26. The lowest BCUT2D eigenvalue weighted by atomic mass is 10.2. The second kappa shape index (κ2) is 11.0. The van der Waals surface area contributed by atoms with Gasteiger partial charge in [-0.2, -0.15) is 0 Å². The van der Waals surface area contributed by atoms with Crippen molar-refractivity contribution < 1.29 is 9.15 Å². The van der Waals surface area contributed by atoms with Gasteiger partial charge in [0.1, 0.15) is 11.5 Å². The van der Waals surface area contributed by atoms with Gasteiger partial charge in [0.05, 0.1) is 19.8 Å². The zero-order chi connectivity index (χ0) is 15.2. The van der Waals surface area contributed by atoms with E-state index in [4.69, 9.17) is 20.8 Å². The molecule has 134 valence electrons. The van der Waals surface area contributed by atoms with Crippen LogP contribution in [0.5, 0.6) is 0 Å². The molecule has 1 saturated heterocycles. The van der Waals surface area contributed by atoms with E-state index in [0.717, 1.165) is 68.0 Å². The molecular formula is C17H23Cl3N2O2. The van der Waals surface area contributed by atoms with Gasteiger partial charge in [-0.15, -0.1) is 24.8 Å². The van der Waals surface area contributed by atoms with Crippen LogP contribution in [-0.2, 0) is 11.3 Å². The highest BCUT2D eigenvalue weighted by molar-refractivity contribution is 6.30. The van der Waals surface area contributed by atoms with E-state index in [0.29, 0.717) is 0 Å². The monoisotopic (exact) mass is 392 g/mol. The molecule has 1 aliphatic rings. The maximum atomic E-state index is 5.90. The van der Waals surface area contributed by atoms with Crippen LogP contribution in [0.25, 0.3) is 11.3 Å². The van der Waals surface area contributed by atoms with Crippen molar-refractivity contribution >= 4 is 36.4 Å². The number of hydrogen-bond acceptors (Lipinski definition) is 4. The van der Waals surface area contributed by atoms with Gasteiger partial charge in [0.2, 0.25) is 0 Å². The molecule has 7 heteroatoms. The zero-order valence-corrected chi connectivity index (χ0v) is 15.8. The van der Waals surface area contributed by atoms with Gasteiger partial charge in [-0.1, -0.05) is 11.6 Å². The predicted molar refractivity (Wildman–Crippen MR) is 103 cm³/mol. The first kappa shape index (κ1) is 21.3. The van der Waals surface area contributed by atoms with Gasteiger partial charge in [-0.25, -0.2) is 0 Å². The first-order valence-corrected chi connectivity index (χ1v) is 8.04. The van der Waals surface area contributed by atoms with Crippen molar-refractivity contribution in [2.24, 2.45) is 0 Å². The molecule has 0 amide bonds. The maximum absolute atomic E-state index is 5.90. The largest absolute Gasteiger partial charge is 0.460 e. The molecule has 3 rings (SSSR count). The number of halogens is 3. The Hall–Kier alpha value is -0.750. The van der Waals surface area contributed by atoms with Gasteiger partial charge in [0.15, 0.2) is 0 Å². The lowest BCUT2D eigenvalue weighted by molar-refractivity contribution is 0.0383. The Kier molecular flexibility index (Phi) is 9.74. The number of nitrogens with one attached hydrogen (secondary N) is 1. The zero-order valence-electron chi connectivity index (χ0n) is 13.4. The van der Waals surface area contributed by atoms with Crippen molar-refractivity contribution in [3.63, 3.8) is 0 Å². The van der Waals surface area contributed by atoms with Crippen LogP contribution in [0.2, 0.25) is 5.02 Å². The Bertz CT molecular complexity index is 584. The second-order valence-electron chi connectivity index (χ2n) is 5.40. The molecule has 0 unspecified atom stereocenters. The molecule has 0 radical (unpaired) electrons. The van der Waals surface area contributed by atoms with E-state index in [-0.39, 0.29) is 24.8 Å². The lowest BCUT2D eigenvalue weighted by Crippen LogP contribution is -2.40. The normalized spacial score (nSPS) is 14.7. The van der Waals surface area contributed by atoms with E-state index < -0.39 is 0 Å². The van der Waals surface area contributed by atoms with Crippen LogP contribution in [0, 0.1) is 0 Å². The van der Waals surface area contributed by atoms with Gasteiger partial charge in [0.25, 0.3) is 0 Å². The summed E-state index contributed by atoms with van der Waals surface area (Å²) in [6.45, 7) is 6.51. The number of rotatable bonds is 6. The topological polar surface area (TPSA) is 37.6 Å². The summed E-state index contributed by atoms with van der Waals surface area (Å²) in [5.74, 6) is 1.83.